The number of furan rings is 1. The van der Waals surface area contributed by atoms with E-state index in [9.17, 15) is 23.3 Å². The molecule has 9 nitrogen and oxygen atoms in total. The molecule has 1 heterocycles. The highest BCUT2D eigenvalue weighted by Gasteiger charge is 2.19. The number of aryl methyl sites for hydroxylation is 1. The second-order valence-corrected chi connectivity index (χ2v) is 8.31. The standard InChI is InChI=1S/C18H16ClN3O6S/c1-11-15-9-12(19)5-6-16(15)28-17(11)18(23)20-7-8-21-29(26,27)14-4-2-3-13(10-14)22(24)25/h2-6,9-10,21H,7-8H2,1H3,(H,20,23). The van der Waals surface area contributed by atoms with Gasteiger partial charge in [-0.25, -0.2) is 13.1 Å². The van der Waals surface area contributed by atoms with Crippen LogP contribution in [0.5, 0.6) is 0 Å². The van der Waals surface area contributed by atoms with Crippen LogP contribution in [0.2, 0.25) is 5.02 Å². The Hall–Kier alpha value is -2.95. The smallest absolute Gasteiger partial charge is 0.287 e. The number of benzene rings is 2. The maximum Gasteiger partial charge on any atom is 0.287 e. The van der Waals surface area contributed by atoms with Gasteiger partial charge in [-0.3, -0.25) is 14.9 Å². The van der Waals surface area contributed by atoms with Gasteiger partial charge in [-0.05, 0) is 31.2 Å². The third-order valence-corrected chi connectivity index (χ3v) is 5.84. The Morgan fingerprint density at radius 3 is 2.69 bits per heavy atom. The first kappa shape index (κ1) is 20.8. The topological polar surface area (TPSA) is 132 Å². The average molecular weight is 438 g/mol. The van der Waals surface area contributed by atoms with Crippen LogP contribution in [0.25, 0.3) is 11.0 Å². The largest absolute Gasteiger partial charge is 0.451 e. The number of non-ortho nitro benzene ring substituents is 1. The molecule has 1 amide bonds. The van der Waals surface area contributed by atoms with Gasteiger partial charge in [0.1, 0.15) is 5.58 Å². The normalized spacial score (nSPS) is 11.5. The van der Waals surface area contributed by atoms with Gasteiger partial charge in [-0.1, -0.05) is 17.7 Å². The number of halogens is 1. The molecule has 2 N–H and O–H groups in total. The van der Waals surface area contributed by atoms with Gasteiger partial charge >= 0.3 is 0 Å². The predicted molar refractivity (Wildman–Crippen MR) is 107 cm³/mol. The van der Waals surface area contributed by atoms with Gasteiger partial charge in [0.2, 0.25) is 10.0 Å². The summed E-state index contributed by atoms with van der Waals surface area (Å²) in [5.74, 6) is -0.381. The molecule has 0 bridgehead atoms. The van der Waals surface area contributed by atoms with E-state index in [2.05, 4.69) is 10.0 Å². The van der Waals surface area contributed by atoms with Gasteiger partial charge in [0.25, 0.3) is 11.6 Å². The first-order valence-corrected chi connectivity index (χ1v) is 10.3. The van der Waals surface area contributed by atoms with E-state index in [-0.39, 0.29) is 29.4 Å². The molecule has 0 aliphatic rings. The third-order valence-electron chi connectivity index (χ3n) is 4.15. The second kappa shape index (κ2) is 8.19. The molecule has 3 rings (SSSR count). The number of nitro groups is 1. The van der Waals surface area contributed by atoms with Gasteiger partial charge in [-0.2, -0.15) is 0 Å². The van der Waals surface area contributed by atoms with Crippen LogP contribution >= 0.6 is 11.6 Å². The van der Waals surface area contributed by atoms with E-state index in [0.29, 0.717) is 21.6 Å². The summed E-state index contributed by atoms with van der Waals surface area (Å²) in [5.41, 5.74) is 0.808. The number of carbonyl (C=O) groups is 1. The highest BCUT2D eigenvalue weighted by atomic mass is 35.5. The van der Waals surface area contributed by atoms with Crippen LogP contribution in [0, 0.1) is 17.0 Å². The first-order chi connectivity index (χ1) is 13.7. The first-order valence-electron chi connectivity index (χ1n) is 8.40. The third kappa shape index (κ3) is 4.56. The van der Waals surface area contributed by atoms with E-state index < -0.39 is 20.9 Å². The van der Waals surface area contributed by atoms with E-state index in [1.54, 1.807) is 25.1 Å². The highest BCUT2D eigenvalue weighted by Crippen LogP contribution is 2.27. The maximum atomic E-state index is 12.3. The summed E-state index contributed by atoms with van der Waals surface area (Å²) in [4.78, 5) is 22.2. The number of carbonyl (C=O) groups excluding carboxylic acids is 1. The number of rotatable bonds is 7. The van der Waals surface area contributed by atoms with Gasteiger partial charge < -0.3 is 9.73 Å². The summed E-state index contributed by atoms with van der Waals surface area (Å²) in [6.07, 6.45) is 0. The number of hydrogen-bond donors (Lipinski definition) is 2. The summed E-state index contributed by atoms with van der Waals surface area (Å²) in [7, 11) is -3.96. The van der Waals surface area contributed by atoms with E-state index >= 15 is 0 Å². The van der Waals surface area contributed by atoms with Crippen LogP contribution in [-0.2, 0) is 10.0 Å². The minimum Gasteiger partial charge on any atom is -0.451 e. The Bertz CT molecular complexity index is 1210. The summed E-state index contributed by atoms with van der Waals surface area (Å²) in [6.45, 7) is 1.61. The zero-order chi connectivity index (χ0) is 21.2. The van der Waals surface area contributed by atoms with Gasteiger partial charge in [0.15, 0.2) is 5.76 Å². The van der Waals surface area contributed by atoms with Crippen molar-refractivity contribution < 1.29 is 22.6 Å². The SMILES string of the molecule is Cc1c(C(=O)NCCNS(=O)(=O)c2cccc([N+](=O)[O-])c2)oc2ccc(Cl)cc12. The number of nitrogens with one attached hydrogen (secondary N) is 2. The monoisotopic (exact) mass is 437 g/mol. The molecule has 0 saturated heterocycles. The van der Waals surface area contributed by atoms with Crippen LogP contribution in [0.1, 0.15) is 16.1 Å². The molecule has 0 atom stereocenters. The van der Waals surface area contributed by atoms with Crippen molar-refractivity contribution in [2.24, 2.45) is 0 Å². The molecule has 0 aliphatic heterocycles. The molecule has 3 aromatic rings. The van der Waals surface area contributed by atoms with Crippen LogP contribution in [-0.4, -0.2) is 32.3 Å². The molecular formula is C18H16ClN3O6S. The molecule has 0 fully saturated rings. The van der Waals surface area contributed by atoms with E-state index in [4.69, 9.17) is 16.0 Å². The fraction of sp³-hybridized carbons (Fsp3) is 0.167. The summed E-state index contributed by atoms with van der Waals surface area (Å²) < 4.78 is 32.3. The van der Waals surface area contributed by atoms with E-state index in [1.165, 1.54) is 18.2 Å². The van der Waals surface area contributed by atoms with E-state index in [1.807, 2.05) is 0 Å². The molecule has 0 radical (unpaired) electrons. The minimum atomic E-state index is -3.96. The Labute approximate surface area is 170 Å². The fourth-order valence-corrected chi connectivity index (χ4v) is 3.94. The Kier molecular flexibility index (Phi) is 5.87. The van der Waals surface area contributed by atoms with Gasteiger partial charge in [0, 0.05) is 41.2 Å². The summed E-state index contributed by atoms with van der Waals surface area (Å²) in [5, 5.41) is 14.6. The van der Waals surface area contributed by atoms with Crippen molar-refractivity contribution in [3.05, 3.63) is 68.9 Å². The van der Waals surface area contributed by atoms with E-state index in [0.717, 1.165) is 6.07 Å². The second-order valence-electron chi connectivity index (χ2n) is 6.10. The molecule has 29 heavy (non-hydrogen) atoms. The van der Waals surface area contributed by atoms with Crippen LogP contribution in [0.15, 0.2) is 51.8 Å². The molecule has 0 saturated carbocycles. The number of nitro benzene ring substituents is 1. The highest BCUT2D eigenvalue weighted by molar-refractivity contribution is 7.89. The van der Waals surface area contributed by atoms with Crippen molar-refractivity contribution in [3.63, 3.8) is 0 Å². The van der Waals surface area contributed by atoms with Crippen molar-refractivity contribution >= 4 is 44.2 Å². The van der Waals surface area contributed by atoms with Crippen LogP contribution in [0.4, 0.5) is 5.69 Å². The minimum absolute atomic E-state index is 0.00969. The summed E-state index contributed by atoms with van der Waals surface area (Å²) in [6, 6.07) is 9.69. The molecule has 0 aliphatic carbocycles. The molecule has 0 unspecified atom stereocenters. The quantitative estimate of drug-likeness (QED) is 0.332. The van der Waals surface area contributed by atoms with Gasteiger partial charge in [0.05, 0.1) is 9.82 Å². The van der Waals surface area contributed by atoms with Crippen LogP contribution < -0.4 is 10.0 Å². The van der Waals surface area contributed by atoms with Crippen LogP contribution in [0.3, 0.4) is 0 Å². The zero-order valence-electron chi connectivity index (χ0n) is 15.1. The summed E-state index contributed by atoms with van der Waals surface area (Å²) >= 11 is 5.96. The molecule has 152 valence electrons. The average Bonchev–Trinajstić information content (AvgIpc) is 3.01. The van der Waals surface area contributed by atoms with Crippen molar-refractivity contribution in [1.82, 2.24) is 10.0 Å². The lowest BCUT2D eigenvalue weighted by Gasteiger charge is -2.07. The van der Waals surface area contributed by atoms with Crippen molar-refractivity contribution in [3.8, 4) is 0 Å². The number of amides is 1. The fourth-order valence-electron chi connectivity index (χ4n) is 2.70. The molecule has 2 aromatic carbocycles. The zero-order valence-corrected chi connectivity index (χ0v) is 16.7. The lowest BCUT2D eigenvalue weighted by Crippen LogP contribution is -2.34. The predicted octanol–water partition coefficient (Wildman–Crippen LogP) is 3.01. The van der Waals surface area contributed by atoms with Crippen molar-refractivity contribution in [1.29, 1.82) is 0 Å². The lowest BCUT2D eigenvalue weighted by atomic mass is 10.1. The number of fused-ring (bicyclic) bond motifs is 1. The Balaban J connectivity index is 1.61. The number of sulfonamides is 1. The van der Waals surface area contributed by atoms with Gasteiger partial charge in [-0.15, -0.1) is 0 Å². The Morgan fingerprint density at radius 1 is 1.21 bits per heavy atom. The molecule has 11 heteroatoms. The Morgan fingerprint density at radius 2 is 1.97 bits per heavy atom. The maximum absolute atomic E-state index is 12.3. The molecule has 0 spiro atoms. The number of nitrogens with zero attached hydrogens (tertiary/aromatic N) is 1. The number of hydrogen-bond acceptors (Lipinski definition) is 6. The molecular weight excluding hydrogens is 422 g/mol. The molecule has 1 aromatic heterocycles. The van der Waals surface area contributed by atoms with Crippen molar-refractivity contribution in [2.45, 2.75) is 11.8 Å². The van der Waals surface area contributed by atoms with Crippen molar-refractivity contribution in [2.75, 3.05) is 13.1 Å². The lowest BCUT2D eigenvalue weighted by molar-refractivity contribution is -0.385.